The number of benzene rings is 1. The highest BCUT2D eigenvalue weighted by atomic mass is 79.9. The molecule has 2 heterocycles. The minimum absolute atomic E-state index is 1.15. The Morgan fingerprint density at radius 3 is 2.75 bits per heavy atom. The Hall–Kier alpha value is -0.930. The second-order valence-electron chi connectivity index (χ2n) is 4.03. The fourth-order valence-electron chi connectivity index (χ4n) is 2.12. The van der Waals surface area contributed by atoms with Gasteiger partial charge in [-0.2, -0.15) is 0 Å². The van der Waals surface area contributed by atoms with Gasteiger partial charge in [0.15, 0.2) is 0 Å². The molecule has 0 bridgehead atoms. The van der Waals surface area contributed by atoms with Crippen LogP contribution in [0.25, 0.3) is 20.2 Å². The van der Waals surface area contributed by atoms with E-state index in [1.165, 1.54) is 31.3 Å². The first-order valence-electron chi connectivity index (χ1n) is 5.10. The van der Waals surface area contributed by atoms with Crippen molar-refractivity contribution in [3.63, 3.8) is 0 Å². The molecule has 0 radical (unpaired) electrons. The Kier molecular flexibility index (Phi) is 2.26. The van der Waals surface area contributed by atoms with Gasteiger partial charge in [0.1, 0.15) is 0 Å². The van der Waals surface area contributed by atoms with Crippen LogP contribution < -0.4 is 0 Å². The van der Waals surface area contributed by atoms with E-state index in [4.69, 9.17) is 0 Å². The molecule has 0 aliphatic heterocycles. The van der Waals surface area contributed by atoms with Crippen LogP contribution in [0.2, 0.25) is 0 Å². The normalized spacial score (nSPS) is 11.4. The second kappa shape index (κ2) is 3.54. The van der Waals surface area contributed by atoms with Gasteiger partial charge in [-0.05, 0) is 37.1 Å². The predicted octanol–water partition coefficient (Wildman–Crippen LogP) is 4.83. The molecule has 80 valence electrons. The largest absolute Gasteiger partial charge is 0.263 e. The van der Waals surface area contributed by atoms with Crippen molar-refractivity contribution in [1.82, 2.24) is 4.98 Å². The monoisotopic (exact) mass is 291 g/mol. The van der Waals surface area contributed by atoms with Crippen molar-refractivity contribution in [2.24, 2.45) is 0 Å². The van der Waals surface area contributed by atoms with E-state index in [1.54, 1.807) is 0 Å². The lowest BCUT2D eigenvalue weighted by atomic mass is 10.1. The average molecular weight is 292 g/mol. The summed E-state index contributed by atoms with van der Waals surface area (Å²) in [5.74, 6) is 0. The first-order valence-corrected chi connectivity index (χ1v) is 6.71. The minimum Gasteiger partial charge on any atom is -0.263 e. The van der Waals surface area contributed by atoms with Gasteiger partial charge < -0.3 is 0 Å². The van der Waals surface area contributed by atoms with Crippen molar-refractivity contribution in [2.45, 2.75) is 13.8 Å². The molecule has 0 unspecified atom stereocenters. The third-order valence-electron chi connectivity index (χ3n) is 2.82. The lowest BCUT2D eigenvalue weighted by Gasteiger charge is -1.99. The molecule has 0 fully saturated rings. The molecule has 0 amide bonds. The maximum Gasteiger partial charge on any atom is 0.0541 e. The summed E-state index contributed by atoms with van der Waals surface area (Å²) in [6.45, 7) is 4.28. The van der Waals surface area contributed by atoms with Gasteiger partial charge in [-0.25, -0.2) is 0 Å². The molecule has 0 saturated heterocycles. The van der Waals surface area contributed by atoms with Gasteiger partial charge in [-0.3, -0.25) is 4.98 Å². The van der Waals surface area contributed by atoms with Crippen molar-refractivity contribution in [2.75, 3.05) is 0 Å². The number of pyridine rings is 1. The Labute approximate surface area is 106 Å². The third-order valence-corrected chi connectivity index (χ3v) is 4.55. The van der Waals surface area contributed by atoms with Crippen LogP contribution in [0.5, 0.6) is 0 Å². The van der Waals surface area contributed by atoms with Crippen LogP contribution in [0, 0.1) is 13.8 Å². The SMILES string of the molecule is Cc1cc(Br)cc2c1sc1cncc(C)c12. The van der Waals surface area contributed by atoms with Crippen molar-refractivity contribution in [3.05, 3.63) is 40.1 Å². The number of rotatable bonds is 0. The van der Waals surface area contributed by atoms with E-state index in [0.717, 1.165) is 4.47 Å². The molecule has 0 aliphatic carbocycles. The van der Waals surface area contributed by atoms with Crippen LogP contribution in [0.1, 0.15) is 11.1 Å². The summed E-state index contributed by atoms with van der Waals surface area (Å²) < 4.78 is 3.79. The Bertz CT molecular complexity index is 700. The highest BCUT2D eigenvalue weighted by Gasteiger charge is 2.09. The molecule has 1 nitrogen and oxygen atoms in total. The first kappa shape index (κ1) is 10.2. The highest BCUT2D eigenvalue weighted by Crippen LogP contribution is 2.38. The summed E-state index contributed by atoms with van der Waals surface area (Å²) in [7, 11) is 0. The van der Waals surface area contributed by atoms with Gasteiger partial charge in [0.25, 0.3) is 0 Å². The number of fused-ring (bicyclic) bond motifs is 3. The Morgan fingerprint density at radius 1 is 1.12 bits per heavy atom. The lowest BCUT2D eigenvalue weighted by Crippen LogP contribution is -1.78. The highest BCUT2D eigenvalue weighted by molar-refractivity contribution is 9.10. The fourth-order valence-corrected chi connectivity index (χ4v) is 3.89. The second-order valence-corrected chi connectivity index (χ2v) is 6.00. The number of aryl methyl sites for hydroxylation is 2. The molecule has 1 aromatic carbocycles. The lowest BCUT2D eigenvalue weighted by molar-refractivity contribution is 1.32. The van der Waals surface area contributed by atoms with Gasteiger partial charge >= 0.3 is 0 Å². The van der Waals surface area contributed by atoms with Gasteiger partial charge in [-0.15, -0.1) is 11.3 Å². The summed E-state index contributed by atoms with van der Waals surface area (Å²) in [6.07, 6.45) is 3.89. The fraction of sp³-hybridized carbons (Fsp3) is 0.154. The molecule has 3 rings (SSSR count). The zero-order valence-electron chi connectivity index (χ0n) is 9.04. The van der Waals surface area contributed by atoms with Crippen molar-refractivity contribution >= 4 is 47.4 Å². The first-order chi connectivity index (χ1) is 7.66. The number of nitrogens with zero attached hydrogens (tertiary/aromatic N) is 1. The molecule has 0 aliphatic rings. The van der Waals surface area contributed by atoms with E-state index >= 15 is 0 Å². The van der Waals surface area contributed by atoms with Gasteiger partial charge in [-0.1, -0.05) is 15.9 Å². The molecular weight excluding hydrogens is 282 g/mol. The van der Waals surface area contributed by atoms with Crippen molar-refractivity contribution in [3.8, 4) is 0 Å². The molecular formula is C13H10BrNS. The summed E-state index contributed by atoms with van der Waals surface area (Å²) in [4.78, 5) is 4.26. The smallest absolute Gasteiger partial charge is 0.0541 e. The van der Waals surface area contributed by atoms with Gasteiger partial charge in [0, 0.05) is 32.3 Å². The van der Waals surface area contributed by atoms with E-state index in [2.05, 4.69) is 46.9 Å². The molecule has 2 aromatic heterocycles. The van der Waals surface area contributed by atoms with Crippen LogP contribution >= 0.6 is 27.3 Å². The Morgan fingerprint density at radius 2 is 1.94 bits per heavy atom. The molecule has 3 heteroatoms. The van der Waals surface area contributed by atoms with Gasteiger partial charge in [0.2, 0.25) is 0 Å². The maximum atomic E-state index is 4.26. The summed E-state index contributed by atoms with van der Waals surface area (Å²) in [5, 5.41) is 2.69. The van der Waals surface area contributed by atoms with Crippen molar-refractivity contribution in [1.29, 1.82) is 0 Å². The molecule has 0 N–H and O–H groups in total. The summed E-state index contributed by atoms with van der Waals surface area (Å²) in [6, 6.07) is 4.37. The number of aromatic nitrogens is 1. The van der Waals surface area contributed by atoms with E-state index < -0.39 is 0 Å². The average Bonchev–Trinajstić information content (AvgIpc) is 2.58. The molecule has 0 atom stereocenters. The number of thiophene rings is 1. The summed E-state index contributed by atoms with van der Waals surface area (Å²) >= 11 is 5.40. The van der Waals surface area contributed by atoms with Crippen LogP contribution in [0.4, 0.5) is 0 Å². The van der Waals surface area contributed by atoms with Crippen LogP contribution in [0.15, 0.2) is 29.0 Å². The molecule has 0 spiro atoms. The van der Waals surface area contributed by atoms with Crippen molar-refractivity contribution < 1.29 is 0 Å². The van der Waals surface area contributed by atoms with Crippen LogP contribution in [0.3, 0.4) is 0 Å². The van der Waals surface area contributed by atoms with E-state index in [0.29, 0.717) is 0 Å². The number of hydrogen-bond acceptors (Lipinski definition) is 2. The minimum atomic E-state index is 1.15. The van der Waals surface area contributed by atoms with E-state index in [9.17, 15) is 0 Å². The quantitative estimate of drug-likeness (QED) is 0.578. The number of halogens is 1. The maximum absolute atomic E-state index is 4.26. The zero-order valence-corrected chi connectivity index (χ0v) is 11.4. The zero-order chi connectivity index (χ0) is 11.3. The molecule has 16 heavy (non-hydrogen) atoms. The molecule has 3 aromatic rings. The summed E-state index contributed by atoms with van der Waals surface area (Å²) in [5.41, 5.74) is 2.58. The number of hydrogen-bond donors (Lipinski definition) is 0. The topological polar surface area (TPSA) is 12.9 Å². The van der Waals surface area contributed by atoms with E-state index in [1.807, 2.05) is 23.7 Å². The Balaban J connectivity index is 2.63. The van der Waals surface area contributed by atoms with Crippen LogP contribution in [-0.4, -0.2) is 4.98 Å². The standard InChI is InChI=1S/C13H10BrNS/c1-7-3-9(14)4-10-12-8(2)5-15-6-11(12)16-13(7)10/h3-6H,1-2H3. The van der Waals surface area contributed by atoms with Crippen LogP contribution in [-0.2, 0) is 0 Å². The predicted molar refractivity (Wildman–Crippen MR) is 74.3 cm³/mol. The van der Waals surface area contributed by atoms with E-state index in [-0.39, 0.29) is 0 Å². The van der Waals surface area contributed by atoms with Gasteiger partial charge in [0.05, 0.1) is 4.70 Å². The molecule has 0 saturated carbocycles. The third kappa shape index (κ3) is 1.39.